The number of fused-ring (bicyclic) bond motifs is 12. The van der Waals surface area contributed by atoms with Crippen molar-refractivity contribution in [1.82, 2.24) is 39.0 Å². The summed E-state index contributed by atoms with van der Waals surface area (Å²) in [6, 6.07) is 133. The van der Waals surface area contributed by atoms with E-state index in [4.69, 9.17) is 34.3 Å². The Labute approximate surface area is 647 Å². The minimum Gasteiger partial charge on any atom is -0.456 e. The number of benzene rings is 16. The van der Waals surface area contributed by atoms with Gasteiger partial charge in [0.15, 0.2) is 29.1 Å². The SMILES string of the molecule is c1ccc(-c2ccc(-c3nc(-c4cccc(-c5ccccc5)c4)nc(-n4c5ccccc5c5ccc(-c6cccc7sc8cc(-c9cccc(-c%10nc(-c%11ccccc%11)nc(-c%11ccc(-n%12c%13ccccc%13c%13ccc(-c%14ccc%15oc%16ccccc%16c%15c%14)cc%13%12)c(-c%12ccccc%12)c%11)n%10)c9)ccc8c67)cc54)n3)cc2)cc1. The summed E-state index contributed by atoms with van der Waals surface area (Å²) in [5, 5.41) is 9.17. The lowest BCUT2D eigenvalue weighted by atomic mass is 9.97. The Morgan fingerprint density at radius 2 is 0.607 bits per heavy atom. The van der Waals surface area contributed by atoms with E-state index in [0.717, 1.165) is 155 Å². The molecule has 16 aromatic carbocycles. The minimum atomic E-state index is 0.536. The van der Waals surface area contributed by atoms with Crippen molar-refractivity contribution in [2.24, 2.45) is 0 Å². The lowest BCUT2D eigenvalue weighted by molar-refractivity contribution is 0.669. The second-order valence-electron chi connectivity index (χ2n) is 28.5. The highest BCUT2D eigenvalue weighted by atomic mass is 32.1. The fourth-order valence-electron chi connectivity index (χ4n) is 16.5. The minimum absolute atomic E-state index is 0.536. The van der Waals surface area contributed by atoms with E-state index in [1.54, 1.807) is 0 Å². The van der Waals surface area contributed by atoms with E-state index in [0.29, 0.717) is 35.1 Å². The van der Waals surface area contributed by atoms with Crippen LogP contribution in [0.2, 0.25) is 0 Å². The summed E-state index contributed by atoms with van der Waals surface area (Å²) in [6.07, 6.45) is 0. The zero-order valence-corrected chi connectivity index (χ0v) is 61.0. The summed E-state index contributed by atoms with van der Waals surface area (Å²) in [6.45, 7) is 0. The monoisotopic (exact) mass is 1450 g/mol. The third kappa shape index (κ3) is 11.1. The Balaban J connectivity index is 0.632. The second kappa shape index (κ2) is 26.5. The van der Waals surface area contributed by atoms with Gasteiger partial charge in [-0.05, 0) is 146 Å². The van der Waals surface area contributed by atoms with Gasteiger partial charge in [0.25, 0.3) is 0 Å². The van der Waals surface area contributed by atoms with Crippen LogP contribution >= 0.6 is 11.3 Å². The predicted octanol–water partition coefficient (Wildman–Crippen LogP) is 26.9. The van der Waals surface area contributed by atoms with Gasteiger partial charge in [-0.15, -0.1) is 11.3 Å². The molecule has 0 atom stereocenters. The first kappa shape index (κ1) is 64.3. The van der Waals surface area contributed by atoms with Crippen LogP contribution in [0.5, 0.6) is 0 Å². The van der Waals surface area contributed by atoms with Crippen LogP contribution in [-0.4, -0.2) is 39.0 Å². The highest BCUT2D eigenvalue weighted by Gasteiger charge is 2.24. The molecule has 22 rings (SSSR count). The van der Waals surface area contributed by atoms with E-state index in [-0.39, 0.29) is 0 Å². The number of thiophene rings is 1. The van der Waals surface area contributed by atoms with Crippen LogP contribution in [0.25, 0.3) is 221 Å². The summed E-state index contributed by atoms with van der Waals surface area (Å²) in [5.74, 6) is 3.45. The van der Waals surface area contributed by atoms with Gasteiger partial charge in [-0.2, -0.15) is 9.97 Å². The quantitative estimate of drug-likeness (QED) is 0.113. The average Bonchev–Trinajstić information content (AvgIpc) is 1.57. The van der Waals surface area contributed by atoms with Crippen molar-refractivity contribution in [1.29, 1.82) is 0 Å². The fraction of sp³-hybridized carbons (Fsp3) is 0. The number of furan rings is 1. The topological polar surface area (TPSA) is 100 Å². The Morgan fingerprint density at radius 3 is 1.29 bits per heavy atom. The summed E-state index contributed by atoms with van der Waals surface area (Å²) in [7, 11) is 0. The lowest BCUT2D eigenvalue weighted by Gasteiger charge is -2.16. The van der Waals surface area contributed by atoms with Crippen LogP contribution in [0.3, 0.4) is 0 Å². The van der Waals surface area contributed by atoms with Crippen molar-refractivity contribution in [3.63, 3.8) is 0 Å². The second-order valence-corrected chi connectivity index (χ2v) is 29.6. The summed E-state index contributed by atoms with van der Waals surface area (Å²) in [5.41, 5.74) is 24.6. The lowest BCUT2D eigenvalue weighted by Crippen LogP contribution is -2.06. The van der Waals surface area contributed by atoms with E-state index < -0.39 is 0 Å². The molecule has 0 aliphatic heterocycles. The van der Waals surface area contributed by atoms with Crippen LogP contribution in [0.15, 0.2) is 381 Å². The van der Waals surface area contributed by atoms with Gasteiger partial charge in [0.1, 0.15) is 11.2 Å². The van der Waals surface area contributed by atoms with Gasteiger partial charge in [0.2, 0.25) is 5.95 Å². The van der Waals surface area contributed by atoms with Gasteiger partial charge >= 0.3 is 0 Å². The highest BCUT2D eigenvalue weighted by molar-refractivity contribution is 7.26. The molecule has 0 unspecified atom stereocenters. The first-order valence-corrected chi connectivity index (χ1v) is 38.4. The molecule has 112 heavy (non-hydrogen) atoms. The third-order valence-electron chi connectivity index (χ3n) is 21.9. The van der Waals surface area contributed by atoms with Crippen LogP contribution in [0, 0.1) is 0 Å². The third-order valence-corrected chi connectivity index (χ3v) is 23.0. The Morgan fingerprint density at radius 1 is 0.205 bits per heavy atom. The first-order chi connectivity index (χ1) is 55.5. The molecule has 0 aliphatic rings. The molecular weight excluding hydrogens is 1390 g/mol. The van der Waals surface area contributed by atoms with Gasteiger partial charge < -0.3 is 8.98 Å². The first-order valence-electron chi connectivity index (χ1n) is 37.6. The Hall–Kier alpha value is -14.8. The van der Waals surface area contributed by atoms with Crippen LogP contribution in [0.1, 0.15) is 0 Å². The predicted molar refractivity (Wildman–Crippen MR) is 462 cm³/mol. The Bertz CT molecular complexity index is 7490. The van der Waals surface area contributed by atoms with Gasteiger partial charge in [-0.25, -0.2) is 19.9 Å². The van der Waals surface area contributed by atoms with E-state index in [2.05, 4.69) is 343 Å². The van der Waals surface area contributed by atoms with Crippen LogP contribution < -0.4 is 0 Å². The Kier molecular flexibility index (Phi) is 15.2. The van der Waals surface area contributed by atoms with Crippen LogP contribution in [0.4, 0.5) is 0 Å². The van der Waals surface area contributed by atoms with E-state index >= 15 is 0 Å². The molecule has 0 amide bonds. The summed E-state index contributed by atoms with van der Waals surface area (Å²) < 4.78 is 13.3. The maximum Gasteiger partial charge on any atom is 0.238 e. The molecule has 6 aromatic heterocycles. The van der Waals surface area contributed by atoms with Crippen molar-refractivity contribution in [3.8, 4) is 135 Å². The molecule has 0 bridgehead atoms. The van der Waals surface area contributed by atoms with Gasteiger partial charge in [-0.3, -0.25) is 4.57 Å². The molecule has 0 spiro atoms. The molecule has 0 N–H and O–H groups in total. The molecule has 0 aliphatic carbocycles. The molecule has 0 saturated heterocycles. The number of rotatable bonds is 13. The summed E-state index contributed by atoms with van der Waals surface area (Å²) >= 11 is 1.82. The van der Waals surface area contributed by atoms with Crippen molar-refractivity contribution in [3.05, 3.63) is 376 Å². The largest absolute Gasteiger partial charge is 0.456 e. The molecule has 6 heterocycles. The van der Waals surface area contributed by atoms with Crippen molar-refractivity contribution < 1.29 is 4.42 Å². The number of nitrogens with zero attached hydrogens (tertiary/aromatic N) is 8. The molecule has 9 nitrogen and oxygen atoms in total. The van der Waals surface area contributed by atoms with Crippen molar-refractivity contribution in [2.75, 3.05) is 0 Å². The smallest absolute Gasteiger partial charge is 0.238 e. The molecule has 0 saturated carbocycles. The number of hydrogen-bond acceptors (Lipinski definition) is 8. The standard InChI is InChI=1S/C102H62N8OS/c1-5-22-63(23-6-1)65-42-44-68(45-43-65)98-105-101(76-33-19-30-69(56-76)64-24-7-2-8-25-64)108-102(107-98)110-88-39-17-14-35-80(88)82-52-48-74(61-91(82)110)78-37-21-41-94-96(78)84-53-47-73(62-95(84)112-94)70-31-20-32-75(57-70)99-103-97(67-28-11-4-12-29-67)104-100(106-99)77-49-54-89(85(59-77)66-26-9-3-10-27-66)109-87-38-16-13-34-79(87)81-51-46-72(60-90(81)109)71-50-55-93-86(58-71)83-36-15-18-40-92(83)111-93/h1-62H. The van der Waals surface area contributed by atoms with Crippen molar-refractivity contribution in [2.45, 2.75) is 0 Å². The van der Waals surface area contributed by atoms with Crippen LogP contribution in [-0.2, 0) is 0 Å². The van der Waals surface area contributed by atoms with E-state index in [9.17, 15) is 0 Å². The van der Waals surface area contributed by atoms with Crippen molar-refractivity contribution >= 4 is 97.1 Å². The zero-order valence-electron chi connectivity index (χ0n) is 60.2. The molecule has 522 valence electrons. The number of aromatic nitrogens is 8. The summed E-state index contributed by atoms with van der Waals surface area (Å²) in [4.78, 5) is 32.2. The maximum atomic E-state index is 6.27. The molecule has 22 aromatic rings. The van der Waals surface area contributed by atoms with Gasteiger partial charge in [0, 0.05) is 85.9 Å². The van der Waals surface area contributed by atoms with Gasteiger partial charge in [-0.1, -0.05) is 291 Å². The number of hydrogen-bond donors (Lipinski definition) is 0. The van der Waals surface area contributed by atoms with E-state index in [1.165, 1.54) is 30.9 Å². The maximum absolute atomic E-state index is 6.27. The average molecular weight is 1450 g/mol. The number of para-hydroxylation sites is 3. The zero-order chi connectivity index (χ0) is 73.7. The molecule has 0 fully saturated rings. The van der Waals surface area contributed by atoms with E-state index in [1.807, 2.05) is 53.8 Å². The normalized spacial score (nSPS) is 11.8. The molecule has 10 heteroatoms. The molecular formula is C102H62N8OS. The highest BCUT2D eigenvalue weighted by Crippen LogP contribution is 2.46. The van der Waals surface area contributed by atoms with Gasteiger partial charge in [0.05, 0.1) is 27.8 Å². The fourth-order valence-corrected chi connectivity index (χ4v) is 17.6. The molecule has 0 radical (unpaired) electrons.